The van der Waals surface area contributed by atoms with E-state index in [0.29, 0.717) is 6.54 Å². The largest absolute Gasteiger partial charge is 0.508 e. The van der Waals surface area contributed by atoms with Crippen LogP contribution in [0.25, 0.3) is 21.1 Å². The average Bonchev–Trinajstić information content (AvgIpc) is 3.15. The Labute approximate surface area is 136 Å². The highest BCUT2D eigenvalue weighted by molar-refractivity contribution is 7.16. The zero-order chi connectivity index (χ0) is 15.5. The fraction of sp³-hybridized carbons (Fsp3) is 0.125. The number of carbonyl (C=O) groups is 1. The van der Waals surface area contributed by atoms with Gasteiger partial charge in [0.05, 0.1) is 17.1 Å². The lowest BCUT2D eigenvalue weighted by molar-refractivity contribution is -0.119. The van der Waals surface area contributed by atoms with E-state index in [1.54, 1.807) is 34.8 Å². The van der Waals surface area contributed by atoms with Crippen LogP contribution in [-0.4, -0.2) is 16.0 Å². The number of phenols is 1. The Bertz CT molecular complexity index is 791. The first kappa shape index (κ1) is 14.7. The van der Waals surface area contributed by atoms with Gasteiger partial charge < -0.3 is 10.4 Å². The highest BCUT2D eigenvalue weighted by Crippen LogP contribution is 2.33. The number of hydrogen-bond acceptors (Lipinski definition) is 5. The fourth-order valence-corrected chi connectivity index (χ4v) is 3.75. The van der Waals surface area contributed by atoms with Crippen molar-refractivity contribution in [3.8, 4) is 26.9 Å². The monoisotopic (exact) mass is 330 g/mol. The minimum Gasteiger partial charge on any atom is -0.508 e. The van der Waals surface area contributed by atoms with Crippen LogP contribution in [0.3, 0.4) is 0 Å². The number of amides is 1. The molecule has 2 N–H and O–H groups in total. The molecule has 0 unspecified atom stereocenters. The summed E-state index contributed by atoms with van der Waals surface area (Å²) in [5.74, 6) is 0.222. The van der Waals surface area contributed by atoms with Gasteiger partial charge in [0.15, 0.2) is 0 Å². The summed E-state index contributed by atoms with van der Waals surface area (Å²) in [5, 5.41) is 15.1. The molecule has 0 fully saturated rings. The first-order valence-corrected chi connectivity index (χ1v) is 8.40. The molecule has 0 aliphatic carbocycles. The number of aromatic nitrogens is 1. The topological polar surface area (TPSA) is 62.2 Å². The second-order valence-corrected chi connectivity index (χ2v) is 6.79. The highest BCUT2D eigenvalue weighted by Gasteiger charge is 2.09. The maximum absolute atomic E-state index is 10.9. The Hall–Kier alpha value is -2.18. The number of aromatic hydroxyl groups is 1. The van der Waals surface area contributed by atoms with Gasteiger partial charge in [0.1, 0.15) is 10.8 Å². The summed E-state index contributed by atoms with van der Waals surface area (Å²) in [6, 6.07) is 11.1. The molecule has 0 aliphatic rings. The van der Waals surface area contributed by atoms with Crippen LogP contribution in [0.5, 0.6) is 5.75 Å². The summed E-state index contributed by atoms with van der Waals surface area (Å²) in [6.45, 7) is 2.06. The number of thiophene rings is 1. The zero-order valence-electron chi connectivity index (χ0n) is 11.9. The van der Waals surface area contributed by atoms with Gasteiger partial charge in [-0.25, -0.2) is 4.98 Å². The second-order valence-electron chi connectivity index (χ2n) is 4.76. The van der Waals surface area contributed by atoms with E-state index in [1.807, 2.05) is 29.6 Å². The molecule has 2 aromatic heterocycles. The number of hydrogen-bond donors (Lipinski definition) is 2. The smallest absolute Gasteiger partial charge is 0.217 e. The molecule has 112 valence electrons. The molecular weight excluding hydrogens is 316 g/mol. The Morgan fingerprint density at radius 1 is 1.23 bits per heavy atom. The summed E-state index contributed by atoms with van der Waals surface area (Å²) < 4.78 is 0. The van der Waals surface area contributed by atoms with E-state index in [1.165, 1.54) is 6.92 Å². The van der Waals surface area contributed by atoms with E-state index in [-0.39, 0.29) is 11.7 Å². The minimum atomic E-state index is -0.0294. The number of nitrogens with one attached hydrogen (secondary N) is 1. The van der Waals surface area contributed by atoms with Crippen LogP contribution < -0.4 is 5.32 Å². The van der Waals surface area contributed by atoms with Crippen molar-refractivity contribution in [1.82, 2.24) is 10.3 Å². The summed E-state index contributed by atoms with van der Waals surface area (Å²) in [6.07, 6.45) is 0. The van der Waals surface area contributed by atoms with Gasteiger partial charge in [-0.2, -0.15) is 0 Å². The molecule has 6 heteroatoms. The van der Waals surface area contributed by atoms with E-state index < -0.39 is 0 Å². The first-order chi connectivity index (χ1) is 10.6. The molecule has 3 rings (SSSR count). The van der Waals surface area contributed by atoms with E-state index in [0.717, 1.165) is 26.0 Å². The van der Waals surface area contributed by atoms with Crippen LogP contribution in [0, 0.1) is 0 Å². The van der Waals surface area contributed by atoms with Crippen molar-refractivity contribution in [3.63, 3.8) is 0 Å². The average molecular weight is 330 g/mol. The number of nitrogens with zero attached hydrogens (tertiary/aromatic N) is 1. The van der Waals surface area contributed by atoms with Gasteiger partial charge in [-0.3, -0.25) is 4.79 Å². The number of thiazole rings is 1. The van der Waals surface area contributed by atoms with Gasteiger partial charge in [0, 0.05) is 22.7 Å². The number of carbonyl (C=O) groups excluding carboxylic acids is 1. The molecular formula is C16H14N2O2S2. The standard InChI is InChI=1S/C16H14N2O2S2/c1-10(19)17-8-13-6-7-15(22-13)14-9-21-16(18-14)11-2-4-12(20)5-3-11/h2-7,9,20H,8H2,1H3,(H,17,19). The van der Waals surface area contributed by atoms with E-state index in [2.05, 4.69) is 10.3 Å². The van der Waals surface area contributed by atoms with Gasteiger partial charge >= 0.3 is 0 Å². The molecule has 22 heavy (non-hydrogen) atoms. The third-order valence-corrected chi connectivity index (χ3v) is 5.04. The van der Waals surface area contributed by atoms with E-state index in [9.17, 15) is 9.90 Å². The van der Waals surface area contributed by atoms with Crippen molar-refractivity contribution >= 4 is 28.6 Å². The van der Waals surface area contributed by atoms with Crippen LogP contribution >= 0.6 is 22.7 Å². The van der Waals surface area contributed by atoms with Gasteiger partial charge in [-0.1, -0.05) is 0 Å². The van der Waals surface area contributed by atoms with Crippen molar-refractivity contribution < 1.29 is 9.90 Å². The molecule has 3 aromatic rings. The Morgan fingerprint density at radius 2 is 2.00 bits per heavy atom. The lowest BCUT2D eigenvalue weighted by Gasteiger charge is -1.97. The quantitative estimate of drug-likeness (QED) is 0.763. The van der Waals surface area contributed by atoms with Crippen molar-refractivity contribution in [2.45, 2.75) is 13.5 Å². The number of benzene rings is 1. The summed E-state index contributed by atoms with van der Waals surface area (Å²) >= 11 is 3.20. The maximum atomic E-state index is 10.9. The van der Waals surface area contributed by atoms with Crippen molar-refractivity contribution in [2.24, 2.45) is 0 Å². The van der Waals surface area contributed by atoms with Gasteiger partial charge in [-0.05, 0) is 36.4 Å². The Balaban J connectivity index is 1.79. The molecule has 0 saturated carbocycles. The van der Waals surface area contributed by atoms with Crippen molar-refractivity contribution in [3.05, 3.63) is 46.7 Å². The van der Waals surface area contributed by atoms with E-state index >= 15 is 0 Å². The second kappa shape index (κ2) is 6.29. The molecule has 0 aliphatic heterocycles. The van der Waals surface area contributed by atoms with Crippen LogP contribution in [0.1, 0.15) is 11.8 Å². The molecule has 2 heterocycles. The van der Waals surface area contributed by atoms with Gasteiger partial charge in [0.2, 0.25) is 5.91 Å². The predicted octanol–water partition coefficient (Wildman–Crippen LogP) is 3.88. The normalized spacial score (nSPS) is 10.6. The van der Waals surface area contributed by atoms with Gasteiger partial charge in [0.25, 0.3) is 0 Å². The zero-order valence-corrected chi connectivity index (χ0v) is 13.5. The van der Waals surface area contributed by atoms with Crippen molar-refractivity contribution in [1.29, 1.82) is 0 Å². The molecule has 1 amide bonds. The fourth-order valence-electron chi connectivity index (χ4n) is 1.95. The van der Waals surface area contributed by atoms with Crippen LogP contribution in [0.2, 0.25) is 0 Å². The van der Waals surface area contributed by atoms with Crippen LogP contribution in [0.15, 0.2) is 41.8 Å². The minimum absolute atomic E-state index is 0.0294. The Kier molecular flexibility index (Phi) is 4.22. The molecule has 0 spiro atoms. The molecule has 1 aromatic carbocycles. The number of rotatable bonds is 4. The van der Waals surface area contributed by atoms with E-state index in [4.69, 9.17) is 0 Å². The Morgan fingerprint density at radius 3 is 2.73 bits per heavy atom. The SMILES string of the molecule is CC(=O)NCc1ccc(-c2csc(-c3ccc(O)cc3)n2)s1. The lowest BCUT2D eigenvalue weighted by Crippen LogP contribution is -2.17. The molecule has 0 bridgehead atoms. The molecule has 0 atom stereocenters. The summed E-state index contributed by atoms with van der Waals surface area (Å²) in [5.41, 5.74) is 1.93. The highest BCUT2D eigenvalue weighted by atomic mass is 32.1. The molecule has 4 nitrogen and oxygen atoms in total. The molecule has 0 saturated heterocycles. The van der Waals surface area contributed by atoms with Gasteiger partial charge in [-0.15, -0.1) is 22.7 Å². The van der Waals surface area contributed by atoms with Crippen LogP contribution in [-0.2, 0) is 11.3 Å². The third kappa shape index (κ3) is 3.35. The predicted molar refractivity (Wildman–Crippen MR) is 90.0 cm³/mol. The van der Waals surface area contributed by atoms with Crippen LogP contribution in [0.4, 0.5) is 0 Å². The maximum Gasteiger partial charge on any atom is 0.217 e. The van der Waals surface area contributed by atoms with Crippen molar-refractivity contribution in [2.75, 3.05) is 0 Å². The third-order valence-electron chi connectivity index (χ3n) is 3.04. The first-order valence-electron chi connectivity index (χ1n) is 6.70. The summed E-state index contributed by atoms with van der Waals surface area (Å²) in [4.78, 5) is 17.8. The summed E-state index contributed by atoms with van der Waals surface area (Å²) in [7, 11) is 0. The lowest BCUT2D eigenvalue weighted by atomic mass is 10.2. The molecule has 0 radical (unpaired) electrons. The number of phenolic OH excluding ortho intramolecular Hbond substituents is 1.